The minimum atomic E-state index is 0.184. The number of nitrogens with one attached hydrogen (secondary N) is 1. The highest BCUT2D eigenvalue weighted by Gasteiger charge is 2.29. The predicted molar refractivity (Wildman–Crippen MR) is 66.6 cm³/mol. The second-order valence-corrected chi connectivity index (χ2v) is 5.86. The lowest BCUT2D eigenvalue weighted by Gasteiger charge is -2.33. The summed E-state index contributed by atoms with van der Waals surface area (Å²) in [5.41, 5.74) is 1.19. The number of rotatable bonds is 1. The summed E-state index contributed by atoms with van der Waals surface area (Å²) >= 11 is 1.78. The molecular formula is C12H17N3OS. The van der Waals surface area contributed by atoms with Crippen LogP contribution in [0.5, 0.6) is 0 Å². The van der Waals surface area contributed by atoms with E-state index in [2.05, 4.69) is 5.32 Å². The molecular weight excluding hydrogens is 234 g/mol. The Balaban J connectivity index is 1.87. The van der Waals surface area contributed by atoms with Gasteiger partial charge in [-0.05, 0) is 19.3 Å². The number of amides is 1. The van der Waals surface area contributed by atoms with Gasteiger partial charge in [0.25, 0.3) is 0 Å². The Labute approximate surface area is 105 Å². The van der Waals surface area contributed by atoms with Gasteiger partial charge in [0.05, 0.1) is 11.7 Å². The number of aromatic nitrogens is 1. The molecule has 2 aliphatic rings. The molecule has 1 saturated heterocycles. The summed E-state index contributed by atoms with van der Waals surface area (Å²) in [6.45, 7) is 4.39. The van der Waals surface area contributed by atoms with Crippen LogP contribution in [0.1, 0.15) is 47.8 Å². The lowest BCUT2D eigenvalue weighted by Crippen LogP contribution is -2.36. The second-order valence-electron chi connectivity index (χ2n) is 4.75. The van der Waals surface area contributed by atoms with E-state index in [0.717, 1.165) is 37.5 Å². The third kappa shape index (κ3) is 1.98. The van der Waals surface area contributed by atoms with Crippen LogP contribution in [0.15, 0.2) is 0 Å². The van der Waals surface area contributed by atoms with Gasteiger partial charge in [0.15, 0.2) is 0 Å². The van der Waals surface area contributed by atoms with Crippen LogP contribution in [0.4, 0.5) is 0 Å². The Bertz CT molecular complexity index is 421. The number of nitrogens with zero attached hydrogens (tertiary/aromatic N) is 2. The fraction of sp³-hybridized carbons (Fsp3) is 0.667. The molecule has 92 valence electrons. The summed E-state index contributed by atoms with van der Waals surface area (Å²) in [5, 5.41) is 4.44. The van der Waals surface area contributed by atoms with Gasteiger partial charge in [-0.2, -0.15) is 0 Å². The van der Waals surface area contributed by atoms with E-state index in [4.69, 9.17) is 4.98 Å². The standard InChI is InChI=1S/C12H17N3OS/c1-8(16)15-5-3-2-4-10(15)12-14-9-6-13-7-11(9)17-12/h10,13H,2-7H2,1H3. The van der Waals surface area contributed by atoms with Crippen molar-refractivity contribution in [2.24, 2.45) is 0 Å². The molecule has 0 aliphatic carbocycles. The first-order valence-electron chi connectivity index (χ1n) is 6.22. The number of piperidine rings is 1. The molecule has 17 heavy (non-hydrogen) atoms. The van der Waals surface area contributed by atoms with Crippen LogP contribution in [0, 0.1) is 0 Å². The van der Waals surface area contributed by atoms with Gasteiger partial charge in [-0.25, -0.2) is 4.98 Å². The van der Waals surface area contributed by atoms with E-state index in [1.54, 1.807) is 18.3 Å². The number of hydrogen-bond acceptors (Lipinski definition) is 4. The number of carbonyl (C=O) groups is 1. The van der Waals surface area contributed by atoms with Crippen LogP contribution in [0.25, 0.3) is 0 Å². The average Bonchev–Trinajstić information content (AvgIpc) is 2.88. The summed E-state index contributed by atoms with van der Waals surface area (Å²) in [6, 6.07) is 0.233. The van der Waals surface area contributed by atoms with E-state index in [1.807, 2.05) is 4.90 Å². The molecule has 0 spiro atoms. The SMILES string of the molecule is CC(=O)N1CCCCC1c1nc2c(s1)CNC2. The molecule has 1 fully saturated rings. The van der Waals surface area contributed by atoms with Crippen molar-refractivity contribution in [3.63, 3.8) is 0 Å². The third-order valence-electron chi connectivity index (χ3n) is 3.57. The normalized spacial score (nSPS) is 23.8. The fourth-order valence-corrected chi connectivity index (χ4v) is 3.88. The van der Waals surface area contributed by atoms with Crippen LogP contribution in [-0.2, 0) is 17.9 Å². The largest absolute Gasteiger partial charge is 0.333 e. The third-order valence-corrected chi connectivity index (χ3v) is 4.76. The van der Waals surface area contributed by atoms with Crippen molar-refractivity contribution in [2.75, 3.05) is 6.54 Å². The van der Waals surface area contributed by atoms with E-state index in [-0.39, 0.29) is 11.9 Å². The zero-order valence-corrected chi connectivity index (χ0v) is 10.8. The molecule has 1 aromatic heterocycles. The highest BCUT2D eigenvalue weighted by Crippen LogP contribution is 2.35. The van der Waals surface area contributed by atoms with Gasteiger partial charge in [-0.3, -0.25) is 4.79 Å². The molecule has 5 heteroatoms. The van der Waals surface area contributed by atoms with E-state index >= 15 is 0 Å². The lowest BCUT2D eigenvalue weighted by molar-refractivity contribution is -0.132. The first-order chi connectivity index (χ1) is 8.25. The average molecular weight is 251 g/mol. The summed E-state index contributed by atoms with van der Waals surface area (Å²) < 4.78 is 0. The number of likely N-dealkylation sites (tertiary alicyclic amines) is 1. The molecule has 3 rings (SSSR count). The predicted octanol–water partition coefficient (Wildman–Crippen LogP) is 1.82. The Morgan fingerprint density at radius 1 is 1.47 bits per heavy atom. The van der Waals surface area contributed by atoms with Crippen LogP contribution in [0.2, 0.25) is 0 Å². The lowest BCUT2D eigenvalue weighted by atomic mass is 10.0. The minimum Gasteiger partial charge on any atom is -0.333 e. The quantitative estimate of drug-likeness (QED) is 0.828. The van der Waals surface area contributed by atoms with Crippen LogP contribution < -0.4 is 5.32 Å². The molecule has 1 amide bonds. The Morgan fingerprint density at radius 2 is 2.35 bits per heavy atom. The smallest absolute Gasteiger partial charge is 0.220 e. The Morgan fingerprint density at radius 3 is 3.12 bits per heavy atom. The van der Waals surface area contributed by atoms with Gasteiger partial charge in [0.2, 0.25) is 5.91 Å². The zero-order valence-electron chi connectivity index (χ0n) is 10.0. The number of thiazole rings is 1. The molecule has 0 saturated carbocycles. The van der Waals surface area contributed by atoms with Crippen molar-refractivity contribution in [1.82, 2.24) is 15.2 Å². The van der Waals surface area contributed by atoms with Crippen LogP contribution >= 0.6 is 11.3 Å². The molecule has 0 radical (unpaired) electrons. The molecule has 0 aromatic carbocycles. The molecule has 0 bridgehead atoms. The van der Waals surface area contributed by atoms with E-state index in [1.165, 1.54) is 17.0 Å². The molecule has 2 aliphatic heterocycles. The summed E-state index contributed by atoms with van der Waals surface area (Å²) in [5.74, 6) is 0.184. The van der Waals surface area contributed by atoms with E-state index in [9.17, 15) is 4.79 Å². The highest BCUT2D eigenvalue weighted by atomic mass is 32.1. The van der Waals surface area contributed by atoms with E-state index in [0.29, 0.717) is 0 Å². The number of hydrogen-bond donors (Lipinski definition) is 1. The van der Waals surface area contributed by atoms with Crippen molar-refractivity contribution < 1.29 is 4.79 Å². The molecule has 1 atom stereocenters. The Hall–Kier alpha value is -0.940. The second kappa shape index (κ2) is 4.38. The first kappa shape index (κ1) is 11.2. The van der Waals surface area contributed by atoms with Gasteiger partial charge in [0, 0.05) is 31.4 Å². The molecule has 3 heterocycles. The molecule has 1 aromatic rings. The van der Waals surface area contributed by atoms with Crippen molar-refractivity contribution in [2.45, 2.75) is 45.3 Å². The van der Waals surface area contributed by atoms with Crippen LogP contribution in [-0.4, -0.2) is 22.3 Å². The van der Waals surface area contributed by atoms with Gasteiger partial charge >= 0.3 is 0 Å². The van der Waals surface area contributed by atoms with Gasteiger partial charge in [0.1, 0.15) is 5.01 Å². The summed E-state index contributed by atoms with van der Waals surface area (Å²) in [6.07, 6.45) is 3.40. The maximum absolute atomic E-state index is 11.6. The monoisotopic (exact) mass is 251 g/mol. The summed E-state index contributed by atoms with van der Waals surface area (Å²) in [7, 11) is 0. The molecule has 1 unspecified atom stereocenters. The topological polar surface area (TPSA) is 45.2 Å². The van der Waals surface area contributed by atoms with Crippen LogP contribution in [0.3, 0.4) is 0 Å². The highest BCUT2D eigenvalue weighted by molar-refractivity contribution is 7.11. The zero-order chi connectivity index (χ0) is 11.8. The van der Waals surface area contributed by atoms with Crippen molar-refractivity contribution >= 4 is 17.2 Å². The van der Waals surface area contributed by atoms with Gasteiger partial charge in [-0.15, -0.1) is 11.3 Å². The van der Waals surface area contributed by atoms with Gasteiger partial charge < -0.3 is 10.2 Å². The molecule has 4 nitrogen and oxygen atoms in total. The van der Waals surface area contributed by atoms with Crippen molar-refractivity contribution in [3.05, 3.63) is 15.6 Å². The maximum atomic E-state index is 11.6. The van der Waals surface area contributed by atoms with Crippen molar-refractivity contribution in [1.29, 1.82) is 0 Å². The number of carbonyl (C=O) groups excluding carboxylic acids is 1. The van der Waals surface area contributed by atoms with Gasteiger partial charge in [-0.1, -0.05) is 0 Å². The minimum absolute atomic E-state index is 0.184. The summed E-state index contributed by atoms with van der Waals surface area (Å²) in [4.78, 5) is 19.7. The first-order valence-corrected chi connectivity index (χ1v) is 7.04. The Kier molecular flexibility index (Phi) is 2.88. The molecule has 1 N–H and O–H groups in total. The number of fused-ring (bicyclic) bond motifs is 1. The fourth-order valence-electron chi connectivity index (χ4n) is 2.68. The van der Waals surface area contributed by atoms with E-state index < -0.39 is 0 Å². The maximum Gasteiger partial charge on any atom is 0.220 e. The van der Waals surface area contributed by atoms with Crippen molar-refractivity contribution in [3.8, 4) is 0 Å².